The fraction of sp³-hybridized carbons (Fsp3) is 0.222. The zero-order chi connectivity index (χ0) is 25.2. The number of nitrogens with zero attached hydrogens (tertiary/aromatic N) is 7. The van der Waals surface area contributed by atoms with E-state index in [1.807, 2.05) is 54.0 Å². The van der Waals surface area contributed by atoms with E-state index >= 15 is 0 Å². The van der Waals surface area contributed by atoms with Gasteiger partial charge in [0.2, 0.25) is 0 Å². The second-order valence-electron chi connectivity index (χ2n) is 8.79. The summed E-state index contributed by atoms with van der Waals surface area (Å²) >= 11 is 0. The summed E-state index contributed by atoms with van der Waals surface area (Å²) < 4.78 is 7.47. The van der Waals surface area contributed by atoms with Crippen LogP contribution < -0.4 is 10.1 Å². The SMILES string of the molecule is CCOc1ccc(-c2nnc(C3CC(NC(=O)c4ccnc5cccnc45)C3)n2-c2ccccn2)nc1. The van der Waals surface area contributed by atoms with E-state index in [9.17, 15) is 4.79 Å². The fourth-order valence-corrected chi connectivity index (χ4v) is 4.58. The van der Waals surface area contributed by atoms with Crippen LogP contribution in [0.1, 0.15) is 41.9 Å². The van der Waals surface area contributed by atoms with Gasteiger partial charge in [-0.2, -0.15) is 0 Å². The molecule has 0 spiro atoms. The summed E-state index contributed by atoms with van der Waals surface area (Å²) in [5, 5.41) is 12.1. The number of fused-ring (bicyclic) bond motifs is 1. The topological polar surface area (TPSA) is 121 Å². The van der Waals surface area contributed by atoms with Crippen molar-refractivity contribution in [2.75, 3.05) is 6.61 Å². The molecule has 10 heteroatoms. The van der Waals surface area contributed by atoms with Crippen molar-refractivity contribution in [1.29, 1.82) is 0 Å². The molecule has 0 aromatic carbocycles. The highest BCUT2D eigenvalue weighted by molar-refractivity contribution is 6.04. The molecule has 184 valence electrons. The molecule has 37 heavy (non-hydrogen) atoms. The Kier molecular flexibility index (Phi) is 5.97. The van der Waals surface area contributed by atoms with Crippen molar-refractivity contribution in [2.45, 2.75) is 31.7 Å². The van der Waals surface area contributed by atoms with Gasteiger partial charge in [0, 0.05) is 30.6 Å². The zero-order valence-corrected chi connectivity index (χ0v) is 20.2. The Bertz CT molecular complexity index is 1540. The monoisotopic (exact) mass is 492 g/mol. The first-order chi connectivity index (χ1) is 18.2. The van der Waals surface area contributed by atoms with Crippen LogP contribution in [0, 0.1) is 0 Å². The van der Waals surface area contributed by atoms with Gasteiger partial charge in [-0.05, 0) is 62.2 Å². The van der Waals surface area contributed by atoms with Crippen molar-refractivity contribution in [3.63, 3.8) is 0 Å². The lowest BCUT2D eigenvalue weighted by molar-refractivity contribution is 0.0908. The summed E-state index contributed by atoms with van der Waals surface area (Å²) in [6.45, 7) is 2.50. The normalized spacial score (nSPS) is 16.8. The Morgan fingerprint density at radius 3 is 2.65 bits per heavy atom. The zero-order valence-electron chi connectivity index (χ0n) is 20.2. The molecule has 0 radical (unpaired) electrons. The summed E-state index contributed by atoms with van der Waals surface area (Å²) in [5.41, 5.74) is 2.49. The first-order valence-electron chi connectivity index (χ1n) is 12.2. The van der Waals surface area contributed by atoms with E-state index in [4.69, 9.17) is 4.74 Å². The quantitative estimate of drug-likeness (QED) is 0.365. The van der Waals surface area contributed by atoms with Gasteiger partial charge >= 0.3 is 0 Å². The van der Waals surface area contributed by atoms with Crippen LogP contribution in [0.2, 0.25) is 0 Å². The molecule has 1 amide bonds. The molecule has 1 fully saturated rings. The molecule has 0 aliphatic heterocycles. The largest absolute Gasteiger partial charge is 0.492 e. The highest BCUT2D eigenvalue weighted by Gasteiger charge is 2.36. The summed E-state index contributed by atoms with van der Waals surface area (Å²) in [4.78, 5) is 30.7. The third-order valence-corrected chi connectivity index (χ3v) is 6.42. The Hall–Kier alpha value is -4.73. The number of carbonyl (C=O) groups excluding carboxylic acids is 1. The number of carbonyl (C=O) groups is 1. The highest BCUT2D eigenvalue weighted by Crippen LogP contribution is 2.38. The fourth-order valence-electron chi connectivity index (χ4n) is 4.58. The van der Waals surface area contributed by atoms with Gasteiger partial charge in [0.05, 0.1) is 23.9 Å². The molecule has 1 saturated carbocycles. The molecular formula is C27H24N8O2. The van der Waals surface area contributed by atoms with Crippen molar-refractivity contribution in [3.05, 3.63) is 84.7 Å². The predicted octanol–water partition coefficient (Wildman–Crippen LogP) is 3.74. The van der Waals surface area contributed by atoms with Crippen molar-refractivity contribution < 1.29 is 9.53 Å². The first-order valence-corrected chi connectivity index (χ1v) is 12.2. The van der Waals surface area contributed by atoms with Gasteiger partial charge in [-0.15, -0.1) is 10.2 Å². The molecule has 1 N–H and O–H groups in total. The van der Waals surface area contributed by atoms with Crippen LogP contribution >= 0.6 is 0 Å². The smallest absolute Gasteiger partial charge is 0.253 e. The van der Waals surface area contributed by atoms with E-state index in [0.29, 0.717) is 40.5 Å². The van der Waals surface area contributed by atoms with Crippen LogP contribution in [0.25, 0.3) is 28.4 Å². The maximum absolute atomic E-state index is 13.0. The van der Waals surface area contributed by atoms with E-state index in [1.54, 1.807) is 30.9 Å². The van der Waals surface area contributed by atoms with Crippen LogP contribution in [0.4, 0.5) is 0 Å². The summed E-state index contributed by atoms with van der Waals surface area (Å²) in [6, 6.07) is 14.8. The Morgan fingerprint density at radius 2 is 1.86 bits per heavy atom. The number of hydrogen-bond donors (Lipinski definition) is 1. The van der Waals surface area contributed by atoms with Crippen LogP contribution in [-0.2, 0) is 0 Å². The van der Waals surface area contributed by atoms with Gasteiger partial charge in [-0.25, -0.2) is 9.97 Å². The molecule has 1 aliphatic carbocycles. The third-order valence-electron chi connectivity index (χ3n) is 6.42. The van der Waals surface area contributed by atoms with E-state index in [-0.39, 0.29) is 17.9 Å². The van der Waals surface area contributed by atoms with Crippen molar-refractivity contribution in [3.8, 4) is 23.1 Å². The minimum absolute atomic E-state index is 0.0189. The molecule has 0 unspecified atom stereocenters. The number of ether oxygens (including phenoxy) is 1. The number of aromatic nitrogens is 7. The van der Waals surface area contributed by atoms with Gasteiger partial charge < -0.3 is 10.1 Å². The molecule has 5 aromatic heterocycles. The third kappa shape index (κ3) is 4.37. The average Bonchev–Trinajstić information content (AvgIpc) is 3.35. The molecule has 0 saturated heterocycles. The molecule has 1 aliphatic rings. The highest BCUT2D eigenvalue weighted by atomic mass is 16.5. The maximum atomic E-state index is 13.0. The van der Waals surface area contributed by atoms with E-state index in [0.717, 1.165) is 24.5 Å². The number of hydrogen-bond acceptors (Lipinski definition) is 8. The lowest BCUT2D eigenvalue weighted by Gasteiger charge is -2.35. The van der Waals surface area contributed by atoms with Crippen molar-refractivity contribution in [1.82, 2.24) is 40.0 Å². The first kappa shape index (κ1) is 22.7. The molecule has 0 atom stereocenters. The molecule has 10 nitrogen and oxygen atoms in total. The minimum Gasteiger partial charge on any atom is -0.492 e. The summed E-state index contributed by atoms with van der Waals surface area (Å²) in [5.74, 6) is 2.79. The van der Waals surface area contributed by atoms with Gasteiger partial charge in [0.15, 0.2) is 5.82 Å². The number of amides is 1. The predicted molar refractivity (Wildman–Crippen MR) is 136 cm³/mol. The number of nitrogens with one attached hydrogen (secondary N) is 1. The van der Waals surface area contributed by atoms with Gasteiger partial charge in [-0.3, -0.25) is 19.3 Å². The van der Waals surface area contributed by atoms with E-state index in [1.165, 1.54) is 0 Å². The van der Waals surface area contributed by atoms with Crippen LogP contribution in [0.15, 0.2) is 73.3 Å². The van der Waals surface area contributed by atoms with Gasteiger partial charge in [-0.1, -0.05) is 6.07 Å². The van der Waals surface area contributed by atoms with E-state index in [2.05, 4.69) is 35.5 Å². The van der Waals surface area contributed by atoms with Crippen LogP contribution in [-0.4, -0.2) is 53.3 Å². The van der Waals surface area contributed by atoms with Crippen LogP contribution in [0.5, 0.6) is 5.75 Å². The van der Waals surface area contributed by atoms with E-state index < -0.39 is 0 Å². The van der Waals surface area contributed by atoms with Gasteiger partial charge in [0.1, 0.15) is 28.6 Å². The molecule has 6 rings (SSSR count). The Labute approximate surface area is 212 Å². The summed E-state index contributed by atoms with van der Waals surface area (Å²) in [6.07, 6.45) is 8.21. The van der Waals surface area contributed by atoms with Crippen LogP contribution in [0.3, 0.4) is 0 Å². The Balaban J connectivity index is 1.23. The summed E-state index contributed by atoms with van der Waals surface area (Å²) in [7, 11) is 0. The molecule has 5 heterocycles. The maximum Gasteiger partial charge on any atom is 0.253 e. The molecular weight excluding hydrogens is 468 g/mol. The standard InChI is InChI=1S/C27H24N8O2/c1-2-37-19-8-9-22(31-16-19)26-34-33-25(35(26)23-7-3-4-11-29-23)17-14-18(15-17)32-27(36)20-10-13-28-21-6-5-12-30-24(20)21/h3-13,16-18H,2,14-15H2,1H3,(H,32,36). The lowest BCUT2D eigenvalue weighted by Crippen LogP contribution is -2.44. The number of pyridine rings is 4. The lowest BCUT2D eigenvalue weighted by atomic mass is 9.79. The van der Waals surface area contributed by atoms with Gasteiger partial charge in [0.25, 0.3) is 5.91 Å². The molecule has 5 aromatic rings. The number of rotatable bonds is 7. The second-order valence-corrected chi connectivity index (χ2v) is 8.79. The second kappa shape index (κ2) is 9.73. The van der Waals surface area contributed by atoms with Crippen molar-refractivity contribution in [2.24, 2.45) is 0 Å². The molecule has 0 bridgehead atoms. The Morgan fingerprint density at radius 1 is 0.973 bits per heavy atom. The minimum atomic E-state index is -0.153. The average molecular weight is 493 g/mol. The van der Waals surface area contributed by atoms with Crippen molar-refractivity contribution >= 4 is 16.9 Å².